The molecule has 0 spiro atoms. The zero-order valence-corrected chi connectivity index (χ0v) is 28.8. The smallest absolute Gasteiger partial charge is 0.101 e. The van der Waals surface area contributed by atoms with Gasteiger partial charge in [-0.2, -0.15) is 0 Å². The van der Waals surface area contributed by atoms with E-state index in [1.54, 1.807) is 0 Å². The summed E-state index contributed by atoms with van der Waals surface area (Å²) < 4.78 is 5.41. The Balaban J connectivity index is 0.000000935. The van der Waals surface area contributed by atoms with Gasteiger partial charge in [-0.15, -0.1) is 12.6 Å². The van der Waals surface area contributed by atoms with E-state index < -0.39 is 0 Å². The molecule has 0 bridgehead atoms. The molecular weight excluding hydrogens is 494 g/mol. The Morgan fingerprint density at radius 1 is 1.03 bits per heavy atom. The molecule has 0 aromatic carbocycles. The van der Waals surface area contributed by atoms with Gasteiger partial charge in [-0.1, -0.05) is 109 Å². The fraction of sp³-hybridized carbons (Fsp3) is 0.778. The molecule has 7 atom stereocenters. The first-order valence-electron chi connectivity index (χ1n) is 15.9. The Hall–Kier alpha value is -0.770. The fourth-order valence-electron chi connectivity index (χ4n) is 5.95. The summed E-state index contributed by atoms with van der Waals surface area (Å²) >= 11 is 4.39. The van der Waals surface area contributed by atoms with Gasteiger partial charge < -0.3 is 9.64 Å². The van der Waals surface area contributed by atoms with Gasteiger partial charge in [0.1, 0.15) is 5.44 Å². The van der Waals surface area contributed by atoms with E-state index in [0.29, 0.717) is 29.7 Å². The lowest BCUT2D eigenvalue weighted by Crippen LogP contribution is -2.35. The van der Waals surface area contributed by atoms with Crippen LogP contribution >= 0.6 is 12.6 Å². The first kappa shape index (κ1) is 38.2. The summed E-state index contributed by atoms with van der Waals surface area (Å²) in [5.41, 5.74) is 4.17. The minimum Gasteiger partial charge on any atom is -0.368 e. The Morgan fingerprint density at radius 3 is 2.18 bits per heavy atom. The largest absolute Gasteiger partial charge is 0.368 e. The zero-order chi connectivity index (χ0) is 30.1. The van der Waals surface area contributed by atoms with Crippen LogP contribution in [0.15, 0.2) is 48.1 Å². The van der Waals surface area contributed by atoms with Gasteiger partial charge in [-0.05, 0) is 102 Å². The minimum absolute atomic E-state index is 0.0693. The molecule has 0 aromatic heterocycles. The summed E-state index contributed by atoms with van der Waals surface area (Å²) in [6.07, 6.45) is 16.7. The lowest BCUT2D eigenvalue weighted by Gasteiger charge is -2.29. The van der Waals surface area contributed by atoms with Crippen LogP contribution in [0.4, 0.5) is 0 Å². The third kappa shape index (κ3) is 16.9. The molecule has 0 heterocycles. The van der Waals surface area contributed by atoms with Crippen molar-refractivity contribution in [3.05, 3.63) is 48.1 Å². The van der Waals surface area contributed by atoms with E-state index in [2.05, 4.69) is 118 Å². The molecule has 228 valence electrons. The predicted molar refractivity (Wildman–Crippen MR) is 181 cm³/mol. The number of thiol groups is 1. The van der Waals surface area contributed by atoms with Gasteiger partial charge in [0.05, 0.1) is 0 Å². The van der Waals surface area contributed by atoms with Crippen LogP contribution in [0.3, 0.4) is 0 Å². The molecule has 0 aromatic rings. The standard InChI is InChI=1S/C26H44.C10H23NOS/c1-9-25-16-20(4)11-12-21(5)17-26(10-2)24(8)15-19(3)13-14-22(6)23(7)18-25;1-6-12-10(13)7-9(8(2)3)11(4)5/h13-15,20,23-26H,5-6,9-12,16-18H2,1-4,7-8H3;8-10,13H,6-7H2,1-5H3/b14-13+,19-15+;/t20?,23?,24-,25?,26-;9?,10-/m00/s1. The number of nitrogens with zero attached hydrogens (tertiary/aromatic N) is 1. The van der Waals surface area contributed by atoms with E-state index >= 15 is 0 Å². The van der Waals surface area contributed by atoms with Crippen molar-refractivity contribution in [2.75, 3.05) is 20.7 Å². The fourth-order valence-corrected chi connectivity index (χ4v) is 6.31. The second-order valence-electron chi connectivity index (χ2n) is 13.0. The van der Waals surface area contributed by atoms with Crippen LogP contribution < -0.4 is 0 Å². The third-order valence-corrected chi connectivity index (χ3v) is 9.12. The summed E-state index contributed by atoms with van der Waals surface area (Å²) in [7, 11) is 4.22. The van der Waals surface area contributed by atoms with Crippen LogP contribution in [0.5, 0.6) is 0 Å². The molecule has 0 fully saturated rings. The maximum Gasteiger partial charge on any atom is 0.101 e. The van der Waals surface area contributed by atoms with Crippen molar-refractivity contribution in [2.24, 2.45) is 35.5 Å². The summed E-state index contributed by atoms with van der Waals surface area (Å²) in [6, 6.07) is 0.550. The van der Waals surface area contributed by atoms with Crippen LogP contribution in [0.25, 0.3) is 0 Å². The number of ether oxygens (including phenoxy) is 1. The SMILES string of the molecule is C=C1CCC(C)CC(CC)CC(C)C(=C)/C=C/C(C)=C/[C@H](C)[C@@H](CC)C1.CCO[C@@H](S)CC(C(C)C)N(C)C. The van der Waals surface area contributed by atoms with Crippen molar-refractivity contribution < 1.29 is 4.74 Å². The highest BCUT2D eigenvalue weighted by Gasteiger charge is 2.20. The summed E-state index contributed by atoms with van der Waals surface area (Å²) in [4.78, 5) is 2.24. The van der Waals surface area contributed by atoms with E-state index in [1.807, 2.05) is 6.92 Å². The van der Waals surface area contributed by atoms with E-state index in [-0.39, 0.29) is 5.44 Å². The second kappa shape index (κ2) is 21.0. The molecule has 0 N–H and O–H groups in total. The first-order chi connectivity index (χ1) is 18.2. The molecule has 1 rings (SSSR count). The van der Waals surface area contributed by atoms with Crippen LogP contribution in [0.1, 0.15) is 114 Å². The average molecular weight is 562 g/mol. The van der Waals surface area contributed by atoms with Crippen LogP contribution in [-0.4, -0.2) is 37.1 Å². The normalized spacial score (nSPS) is 29.8. The molecule has 3 heteroatoms. The van der Waals surface area contributed by atoms with Crippen molar-refractivity contribution in [1.82, 2.24) is 4.90 Å². The summed E-state index contributed by atoms with van der Waals surface area (Å²) in [5.74, 6) is 4.12. The second-order valence-corrected chi connectivity index (χ2v) is 13.6. The number of rotatable bonds is 8. The average Bonchev–Trinajstić information content (AvgIpc) is 2.86. The molecular formula is C36H67NOS. The summed E-state index contributed by atoms with van der Waals surface area (Å²) in [6.45, 7) is 30.0. The highest BCUT2D eigenvalue weighted by molar-refractivity contribution is 7.80. The van der Waals surface area contributed by atoms with Crippen LogP contribution in [0, 0.1) is 35.5 Å². The van der Waals surface area contributed by atoms with Gasteiger partial charge >= 0.3 is 0 Å². The van der Waals surface area contributed by atoms with Crippen LogP contribution in [0.2, 0.25) is 0 Å². The van der Waals surface area contributed by atoms with Gasteiger partial charge in [0.2, 0.25) is 0 Å². The van der Waals surface area contributed by atoms with E-state index in [4.69, 9.17) is 4.74 Å². The van der Waals surface area contributed by atoms with E-state index in [9.17, 15) is 0 Å². The lowest BCUT2D eigenvalue weighted by molar-refractivity contribution is 0.0868. The Labute approximate surface area is 251 Å². The van der Waals surface area contributed by atoms with Gasteiger partial charge in [0, 0.05) is 12.6 Å². The maximum absolute atomic E-state index is 5.41. The highest BCUT2D eigenvalue weighted by atomic mass is 32.1. The van der Waals surface area contributed by atoms with Crippen molar-refractivity contribution >= 4 is 12.6 Å². The monoisotopic (exact) mass is 561 g/mol. The quantitative estimate of drug-likeness (QED) is 0.180. The Bertz CT molecular complexity index is 728. The molecule has 1 aliphatic rings. The molecule has 2 nitrogen and oxygen atoms in total. The highest BCUT2D eigenvalue weighted by Crippen LogP contribution is 2.32. The molecule has 39 heavy (non-hydrogen) atoms. The topological polar surface area (TPSA) is 12.5 Å². The van der Waals surface area contributed by atoms with Crippen molar-refractivity contribution in [3.63, 3.8) is 0 Å². The first-order valence-corrected chi connectivity index (χ1v) is 16.4. The number of hydrogen-bond acceptors (Lipinski definition) is 3. The molecule has 0 saturated heterocycles. The van der Waals surface area contributed by atoms with Gasteiger partial charge in [-0.25, -0.2) is 0 Å². The van der Waals surface area contributed by atoms with Crippen molar-refractivity contribution in [2.45, 2.75) is 125 Å². The van der Waals surface area contributed by atoms with Crippen LogP contribution in [-0.2, 0) is 4.74 Å². The molecule has 0 radical (unpaired) electrons. The molecule has 4 unspecified atom stereocenters. The molecule has 0 amide bonds. The third-order valence-electron chi connectivity index (χ3n) is 8.76. The number of allylic oxidation sites excluding steroid dienone is 6. The molecule has 0 aliphatic heterocycles. The lowest BCUT2D eigenvalue weighted by atomic mass is 9.80. The number of hydrogen-bond donors (Lipinski definition) is 1. The van der Waals surface area contributed by atoms with E-state index in [1.165, 1.54) is 61.7 Å². The predicted octanol–water partition coefficient (Wildman–Crippen LogP) is 10.8. The Morgan fingerprint density at radius 2 is 1.67 bits per heavy atom. The molecule has 0 saturated carbocycles. The van der Waals surface area contributed by atoms with E-state index in [0.717, 1.165) is 24.9 Å². The van der Waals surface area contributed by atoms with Gasteiger partial charge in [0.25, 0.3) is 0 Å². The maximum atomic E-state index is 5.41. The van der Waals surface area contributed by atoms with Crippen molar-refractivity contribution in [1.29, 1.82) is 0 Å². The van der Waals surface area contributed by atoms with Gasteiger partial charge in [0.15, 0.2) is 0 Å². The van der Waals surface area contributed by atoms with Gasteiger partial charge in [-0.3, -0.25) is 0 Å². The minimum atomic E-state index is 0.0693. The zero-order valence-electron chi connectivity index (χ0n) is 27.9. The summed E-state index contributed by atoms with van der Waals surface area (Å²) in [5, 5.41) is 0. The molecule has 1 aliphatic carbocycles. The van der Waals surface area contributed by atoms with Crippen molar-refractivity contribution in [3.8, 4) is 0 Å². The Kier molecular flexibility index (Phi) is 20.6.